The topological polar surface area (TPSA) is 57.2 Å². The molecule has 0 aliphatic carbocycles. The molecule has 7 nitrogen and oxygen atoms in total. The van der Waals surface area contributed by atoms with Crippen molar-refractivity contribution < 1.29 is 4.74 Å². The van der Waals surface area contributed by atoms with Gasteiger partial charge < -0.3 is 4.74 Å². The number of aryl methyl sites for hydroxylation is 3. The van der Waals surface area contributed by atoms with Gasteiger partial charge in [-0.25, -0.2) is 4.79 Å². The van der Waals surface area contributed by atoms with Crippen LogP contribution in [-0.4, -0.2) is 56.7 Å². The van der Waals surface area contributed by atoms with Crippen LogP contribution in [0.15, 0.2) is 53.5 Å². The Morgan fingerprint density at radius 2 is 1.81 bits per heavy atom. The zero-order chi connectivity index (χ0) is 25.2. The summed E-state index contributed by atoms with van der Waals surface area (Å²) in [7, 11) is 1.79. The number of aromatic nitrogens is 4. The van der Waals surface area contributed by atoms with E-state index in [1.165, 1.54) is 18.4 Å². The minimum absolute atomic E-state index is 0.0537. The van der Waals surface area contributed by atoms with Gasteiger partial charge in [0.2, 0.25) is 0 Å². The summed E-state index contributed by atoms with van der Waals surface area (Å²) >= 11 is 0. The number of fused-ring (bicyclic) bond motifs is 1. The van der Waals surface area contributed by atoms with Crippen molar-refractivity contribution in [1.82, 2.24) is 23.8 Å². The molecule has 0 amide bonds. The highest BCUT2D eigenvalue weighted by molar-refractivity contribution is 5.87. The number of methoxy groups -OCH3 is 1. The molecule has 1 aliphatic heterocycles. The molecule has 1 fully saturated rings. The first-order chi connectivity index (χ1) is 17.5. The van der Waals surface area contributed by atoms with Crippen molar-refractivity contribution in [3.8, 4) is 22.4 Å². The fraction of sp³-hybridized carbons (Fsp3) is 0.448. The third-order valence-corrected chi connectivity index (χ3v) is 7.49. The average molecular weight is 488 g/mol. The normalized spacial score (nSPS) is 16.4. The number of rotatable bonds is 9. The molecule has 0 radical (unpaired) electrons. The van der Waals surface area contributed by atoms with Crippen molar-refractivity contribution in [2.45, 2.75) is 59.3 Å². The third kappa shape index (κ3) is 4.53. The van der Waals surface area contributed by atoms with Crippen LogP contribution in [0.4, 0.5) is 0 Å². The Labute approximate surface area is 212 Å². The molecule has 0 spiro atoms. The minimum atomic E-state index is 0.0537. The lowest BCUT2D eigenvalue weighted by molar-refractivity contribution is 0.113. The van der Waals surface area contributed by atoms with Gasteiger partial charge in [0.15, 0.2) is 0 Å². The number of imidazole rings is 1. The van der Waals surface area contributed by atoms with E-state index in [1.807, 2.05) is 23.0 Å². The lowest BCUT2D eigenvalue weighted by atomic mass is 10.0. The van der Waals surface area contributed by atoms with Crippen LogP contribution in [0.25, 0.3) is 33.4 Å². The highest BCUT2D eigenvalue weighted by atomic mass is 16.5. The van der Waals surface area contributed by atoms with Crippen molar-refractivity contribution in [3.05, 3.63) is 64.7 Å². The Morgan fingerprint density at radius 3 is 2.56 bits per heavy atom. The molecule has 0 N–H and O–H groups in total. The Kier molecular flexibility index (Phi) is 7.12. The van der Waals surface area contributed by atoms with Gasteiger partial charge in [-0.1, -0.05) is 29.8 Å². The third-order valence-electron chi connectivity index (χ3n) is 7.49. The van der Waals surface area contributed by atoms with Crippen LogP contribution in [0.5, 0.6) is 0 Å². The van der Waals surface area contributed by atoms with E-state index in [0.29, 0.717) is 19.1 Å². The lowest BCUT2D eigenvalue weighted by Gasteiger charge is -2.23. The summed E-state index contributed by atoms with van der Waals surface area (Å²) in [6, 6.07) is 15.4. The summed E-state index contributed by atoms with van der Waals surface area (Å²) in [5.74, 6) is 0. The van der Waals surface area contributed by atoms with Gasteiger partial charge in [0.25, 0.3) is 0 Å². The van der Waals surface area contributed by atoms with Crippen molar-refractivity contribution in [2.24, 2.45) is 0 Å². The maximum absolute atomic E-state index is 12.9. The summed E-state index contributed by atoms with van der Waals surface area (Å²) < 4.78 is 11.2. The molecule has 0 unspecified atom stereocenters. The average Bonchev–Trinajstić information content (AvgIpc) is 3.57. The number of benzene rings is 2. The van der Waals surface area contributed by atoms with E-state index < -0.39 is 0 Å². The maximum Gasteiger partial charge on any atom is 0.329 e. The van der Waals surface area contributed by atoms with Gasteiger partial charge in [0.05, 0.1) is 24.2 Å². The SMILES string of the molecule is CCn1c(=O)n(CC)c2cc(-c3cn(CCN4CCC[C@H]4COC)nc3-c3cccc(C)c3)ccc21. The zero-order valence-electron chi connectivity index (χ0n) is 21.9. The van der Waals surface area contributed by atoms with Crippen molar-refractivity contribution in [3.63, 3.8) is 0 Å². The van der Waals surface area contributed by atoms with Crippen LogP contribution in [0.1, 0.15) is 32.3 Å². The Bertz CT molecular complexity index is 1410. The van der Waals surface area contributed by atoms with Crippen LogP contribution < -0.4 is 5.69 Å². The number of nitrogens with zero attached hydrogens (tertiary/aromatic N) is 5. The molecule has 3 heterocycles. The first-order valence-corrected chi connectivity index (χ1v) is 13.1. The molecule has 0 saturated carbocycles. The first kappa shape index (κ1) is 24.5. The maximum atomic E-state index is 12.9. The molecule has 36 heavy (non-hydrogen) atoms. The van der Waals surface area contributed by atoms with Crippen LogP contribution in [0.2, 0.25) is 0 Å². The highest BCUT2D eigenvalue weighted by Crippen LogP contribution is 2.33. The van der Waals surface area contributed by atoms with Gasteiger partial charge in [-0.15, -0.1) is 0 Å². The predicted octanol–water partition coefficient (Wildman–Crippen LogP) is 4.79. The van der Waals surface area contributed by atoms with Crippen LogP contribution in [-0.2, 0) is 24.4 Å². The monoisotopic (exact) mass is 487 g/mol. The largest absolute Gasteiger partial charge is 0.383 e. The predicted molar refractivity (Wildman–Crippen MR) is 145 cm³/mol. The summed E-state index contributed by atoms with van der Waals surface area (Å²) in [4.78, 5) is 15.4. The molecular weight excluding hydrogens is 450 g/mol. The van der Waals surface area contributed by atoms with Crippen molar-refractivity contribution in [1.29, 1.82) is 0 Å². The molecule has 2 aromatic heterocycles. The van der Waals surface area contributed by atoms with Gasteiger partial charge in [-0.2, -0.15) is 5.10 Å². The van der Waals surface area contributed by atoms with Crippen LogP contribution in [0, 0.1) is 6.92 Å². The van der Waals surface area contributed by atoms with E-state index in [-0.39, 0.29) is 5.69 Å². The summed E-state index contributed by atoms with van der Waals surface area (Å²) in [6.07, 6.45) is 4.60. The molecule has 1 saturated heterocycles. The second-order valence-corrected chi connectivity index (χ2v) is 9.79. The zero-order valence-corrected chi connectivity index (χ0v) is 21.9. The van der Waals surface area contributed by atoms with E-state index in [9.17, 15) is 4.79 Å². The van der Waals surface area contributed by atoms with Crippen molar-refractivity contribution in [2.75, 3.05) is 26.8 Å². The molecule has 1 aliphatic rings. The van der Waals surface area contributed by atoms with E-state index in [0.717, 1.165) is 59.7 Å². The van der Waals surface area contributed by atoms with E-state index in [4.69, 9.17) is 9.84 Å². The lowest BCUT2D eigenvalue weighted by Crippen LogP contribution is -2.35. The summed E-state index contributed by atoms with van der Waals surface area (Å²) in [5, 5.41) is 5.08. The first-order valence-electron chi connectivity index (χ1n) is 13.1. The Morgan fingerprint density at radius 1 is 1.00 bits per heavy atom. The Balaban J connectivity index is 1.55. The quantitative estimate of drug-likeness (QED) is 0.341. The molecule has 2 aromatic carbocycles. The number of ether oxygens (including phenoxy) is 1. The van der Waals surface area contributed by atoms with Gasteiger partial charge in [-0.3, -0.25) is 18.7 Å². The van der Waals surface area contributed by atoms with Gasteiger partial charge >= 0.3 is 5.69 Å². The summed E-state index contributed by atoms with van der Waals surface area (Å²) in [5.41, 5.74) is 7.49. The highest BCUT2D eigenvalue weighted by Gasteiger charge is 2.24. The minimum Gasteiger partial charge on any atom is -0.383 e. The smallest absolute Gasteiger partial charge is 0.329 e. The van der Waals surface area contributed by atoms with Gasteiger partial charge in [-0.05, 0) is 63.9 Å². The number of likely N-dealkylation sites (tertiary alicyclic amines) is 1. The fourth-order valence-electron chi connectivity index (χ4n) is 5.65. The fourth-order valence-corrected chi connectivity index (χ4v) is 5.65. The van der Waals surface area contributed by atoms with E-state index in [2.05, 4.69) is 65.2 Å². The van der Waals surface area contributed by atoms with E-state index >= 15 is 0 Å². The van der Waals surface area contributed by atoms with Crippen LogP contribution in [0.3, 0.4) is 0 Å². The molecule has 7 heteroatoms. The molecule has 4 aromatic rings. The van der Waals surface area contributed by atoms with E-state index in [1.54, 1.807) is 7.11 Å². The molecule has 0 bridgehead atoms. The van der Waals surface area contributed by atoms with Crippen molar-refractivity contribution >= 4 is 11.0 Å². The molecule has 190 valence electrons. The van der Waals surface area contributed by atoms with Crippen LogP contribution >= 0.6 is 0 Å². The molecular formula is C29H37N5O2. The molecule has 5 rings (SSSR count). The second-order valence-electron chi connectivity index (χ2n) is 9.79. The van der Waals surface area contributed by atoms with Gasteiger partial charge in [0.1, 0.15) is 5.69 Å². The van der Waals surface area contributed by atoms with Gasteiger partial charge in [0, 0.05) is 50.1 Å². The Hall–Kier alpha value is -3.16. The summed E-state index contributed by atoms with van der Waals surface area (Å²) in [6.45, 7) is 11.2. The standard InChI is InChI=1S/C29H37N5O2/c1-5-33-26-13-12-22(18-27(26)34(6-2)29(33)35)25-19-32(16-15-31-14-8-11-24(31)20-36-4)30-28(25)23-10-7-9-21(3)17-23/h7,9-10,12-13,17-19,24H,5-6,8,11,14-16,20H2,1-4H3/t24-/m0/s1. The number of hydrogen-bond donors (Lipinski definition) is 0. The number of hydrogen-bond acceptors (Lipinski definition) is 4. The molecule has 1 atom stereocenters. The second kappa shape index (κ2) is 10.4.